The third-order valence-electron chi connectivity index (χ3n) is 5.58. The third kappa shape index (κ3) is 5.36. The number of benzene rings is 2. The number of carbonyl (C=O) groups is 1. The van der Waals surface area contributed by atoms with Gasteiger partial charge in [0, 0.05) is 23.2 Å². The van der Waals surface area contributed by atoms with E-state index in [1.165, 1.54) is 25.6 Å². The summed E-state index contributed by atoms with van der Waals surface area (Å²) in [6.07, 6.45) is 4.13. The van der Waals surface area contributed by atoms with Crippen molar-refractivity contribution in [3.05, 3.63) is 47.5 Å². The molecule has 0 atom stereocenters. The molecule has 1 fully saturated rings. The Morgan fingerprint density at radius 2 is 1.88 bits per heavy atom. The van der Waals surface area contributed by atoms with Crippen molar-refractivity contribution in [3.63, 3.8) is 0 Å². The number of nitrogens with one attached hydrogen (secondary N) is 2. The van der Waals surface area contributed by atoms with Gasteiger partial charge in [-0.1, -0.05) is 11.6 Å². The molecule has 0 bridgehead atoms. The molecular formula is C23H24ClFN4O4. The van der Waals surface area contributed by atoms with Gasteiger partial charge in [-0.25, -0.2) is 19.2 Å². The summed E-state index contributed by atoms with van der Waals surface area (Å²) in [7, 11) is 2.93. The highest BCUT2D eigenvalue weighted by Crippen LogP contribution is 2.37. The molecule has 1 aliphatic rings. The van der Waals surface area contributed by atoms with Crippen molar-refractivity contribution in [2.45, 2.75) is 37.8 Å². The van der Waals surface area contributed by atoms with Crippen molar-refractivity contribution in [2.75, 3.05) is 19.5 Å². The maximum Gasteiger partial charge on any atom is 0.407 e. The highest BCUT2D eigenvalue weighted by Gasteiger charge is 2.25. The summed E-state index contributed by atoms with van der Waals surface area (Å²) in [5.41, 5.74) is 1.26. The third-order valence-corrected chi connectivity index (χ3v) is 5.87. The van der Waals surface area contributed by atoms with Crippen molar-refractivity contribution >= 4 is 40.1 Å². The number of halogens is 2. The zero-order valence-electron chi connectivity index (χ0n) is 18.2. The molecule has 3 aromatic rings. The van der Waals surface area contributed by atoms with Crippen LogP contribution < -0.4 is 20.1 Å². The second-order valence-corrected chi connectivity index (χ2v) is 8.13. The topological polar surface area (TPSA) is 94.6 Å². The molecular weight excluding hydrogens is 451 g/mol. The maximum atomic E-state index is 13.5. The number of hydrogen-bond donors (Lipinski definition) is 2. The van der Waals surface area contributed by atoms with Gasteiger partial charge in [0.1, 0.15) is 18.0 Å². The van der Waals surface area contributed by atoms with E-state index in [0.29, 0.717) is 28.5 Å². The maximum absolute atomic E-state index is 13.5. The molecule has 2 N–H and O–H groups in total. The van der Waals surface area contributed by atoms with Gasteiger partial charge in [-0.05, 0) is 49.9 Å². The van der Waals surface area contributed by atoms with E-state index in [4.69, 9.17) is 21.1 Å². The van der Waals surface area contributed by atoms with E-state index < -0.39 is 11.9 Å². The Bertz CT molecular complexity index is 1150. The van der Waals surface area contributed by atoms with Crippen molar-refractivity contribution < 1.29 is 23.4 Å². The Labute approximate surface area is 195 Å². The summed E-state index contributed by atoms with van der Waals surface area (Å²) in [5.74, 6) is 1.17. The van der Waals surface area contributed by atoms with E-state index in [9.17, 15) is 9.18 Å². The normalized spacial score (nSPS) is 17.9. The van der Waals surface area contributed by atoms with Gasteiger partial charge in [0.2, 0.25) is 0 Å². The number of anilines is 2. The molecule has 0 radical (unpaired) electrons. The first kappa shape index (κ1) is 22.8. The average Bonchev–Trinajstić information content (AvgIpc) is 2.82. The fraction of sp³-hybridized carbons (Fsp3) is 0.348. The predicted octanol–water partition coefficient (Wildman–Crippen LogP) is 5.22. The Morgan fingerprint density at radius 3 is 2.58 bits per heavy atom. The Hall–Kier alpha value is -3.33. The average molecular weight is 475 g/mol. The minimum Gasteiger partial charge on any atom is -0.493 e. The summed E-state index contributed by atoms with van der Waals surface area (Å²) in [6, 6.07) is 8.06. The van der Waals surface area contributed by atoms with E-state index >= 15 is 0 Å². The van der Waals surface area contributed by atoms with Crippen LogP contribution in [0, 0.1) is 5.82 Å². The zero-order chi connectivity index (χ0) is 23.4. The molecule has 33 heavy (non-hydrogen) atoms. The van der Waals surface area contributed by atoms with Crippen LogP contribution in [0.4, 0.5) is 20.7 Å². The largest absolute Gasteiger partial charge is 0.493 e. The van der Waals surface area contributed by atoms with Crippen LogP contribution in [0.3, 0.4) is 0 Å². The van der Waals surface area contributed by atoms with Crippen molar-refractivity contribution in [3.8, 4) is 11.5 Å². The van der Waals surface area contributed by atoms with Gasteiger partial charge in [-0.15, -0.1) is 0 Å². The predicted molar refractivity (Wildman–Crippen MR) is 123 cm³/mol. The lowest BCUT2D eigenvalue weighted by Crippen LogP contribution is -2.39. The lowest BCUT2D eigenvalue weighted by atomic mass is 9.93. The van der Waals surface area contributed by atoms with E-state index in [2.05, 4.69) is 25.3 Å². The number of amides is 1. The number of rotatable bonds is 6. The number of aromatic nitrogens is 2. The van der Waals surface area contributed by atoms with Crippen LogP contribution >= 0.6 is 11.6 Å². The van der Waals surface area contributed by atoms with Gasteiger partial charge in [0.25, 0.3) is 0 Å². The van der Waals surface area contributed by atoms with Crippen LogP contribution in [0.5, 0.6) is 11.5 Å². The highest BCUT2D eigenvalue weighted by molar-refractivity contribution is 6.31. The number of fused-ring (bicyclic) bond motifs is 1. The van der Waals surface area contributed by atoms with Crippen LogP contribution in [-0.4, -0.2) is 42.4 Å². The first-order valence-corrected chi connectivity index (χ1v) is 10.9. The SMILES string of the molecule is COC(=O)NC1CCC(Oc2cc3c(Nc4ccc(F)c(Cl)c4)ncnc3cc2OC)CC1. The monoisotopic (exact) mass is 474 g/mol. The molecule has 0 unspecified atom stereocenters. The Morgan fingerprint density at radius 1 is 1.09 bits per heavy atom. The summed E-state index contributed by atoms with van der Waals surface area (Å²) >= 11 is 5.90. The Balaban J connectivity index is 1.55. The summed E-state index contributed by atoms with van der Waals surface area (Å²) in [4.78, 5) is 20.1. The molecule has 1 aliphatic carbocycles. The lowest BCUT2D eigenvalue weighted by molar-refractivity contribution is 0.126. The summed E-state index contributed by atoms with van der Waals surface area (Å²) in [5, 5.41) is 6.73. The standard InChI is InChI=1S/C23H24ClFN4O4/c1-31-20-11-19-16(22(27-12-26-19)28-14-5-8-18(25)17(24)9-14)10-21(20)33-15-6-3-13(4-7-15)29-23(30)32-2/h5,8-13,15H,3-4,6-7H2,1-2H3,(H,29,30)(H,26,27,28). The molecule has 8 nitrogen and oxygen atoms in total. The highest BCUT2D eigenvalue weighted by atomic mass is 35.5. The van der Waals surface area contributed by atoms with Gasteiger partial charge in [-0.2, -0.15) is 0 Å². The van der Waals surface area contributed by atoms with Crippen LogP contribution in [-0.2, 0) is 4.74 Å². The molecule has 10 heteroatoms. The minimum atomic E-state index is -0.494. The molecule has 174 valence electrons. The minimum absolute atomic E-state index is 0.0151. The molecule has 2 aromatic carbocycles. The van der Waals surface area contributed by atoms with Crippen LogP contribution in [0.1, 0.15) is 25.7 Å². The number of alkyl carbamates (subject to hydrolysis) is 1. The van der Waals surface area contributed by atoms with Crippen molar-refractivity contribution in [2.24, 2.45) is 0 Å². The van der Waals surface area contributed by atoms with Gasteiger partial charge in [0.05, 0.1) is 30.9 Å². The van der Waals surface area contributed by atoms with Crippen molar-refractivity contribution in [1.29, 1.82) is 0 Å². The molecule has 0 aliphatic heterocycles. The van der Waals surface area contributed by atoms with E-state index in [-0.39, 0.29) is 17.2 Å². The number of hydrogen-bond acceptors (Lipinski definition) is 7. The second kappa shape index (κ2) is 10.1. The first-order chi connectivity index (χ1) is 16.0. The number of methoxy groups -OCH3 is 2. The fourth-order valence-electron chi connectivity index (χ4n) is 3.86. The molecule has 1 heterocycles. The van der Waals surface area contributed by atoms with E-state index in [0.717, 1.165) is 31.1 Å². The van der Waals surface area contributed by atoms with Gasteiger partial charge in [0.15, 0.2) is 11.5 Å². The summed E-state index contributed by atoms with van der Waals surface area (Å²) in [6.45, 7) is 0. The van der Waals surface area contributed by atoms with Crippen LogP contribution in [0.25, 0.3) is 10.9 Å². The summed E-state index contributed by atoms with van der Waals surface area (Å²) < 4.78 is 30.0. The smallest absolute Gasteiger partial charge is 0.407 e. The molecule has 1 aromatic heterocycles. The molecule has 1 saturated carbocycles. The van der Waals surface area contributed by atoms with Gasteiger partial charge >= 0.3 is 6.09 Å². The molecule has 0 saturated heterocycles. The second-order valence-electron chi connectivity index (χ2n) is 7.72. The quantitative estimate of drug-likeness (QED) is 0.505. The number of ether oxygens (including phenoxy) is 3. The fourth-order valence-corrected chi connectivity index (χ4v) is 4.04. The number of carbonyl (C=O) groups excluding carboxylic acids is 1. The molecule has 4 rings (SSSR count). The van der Waals surface area contributed by atoms with E-state index in [1.807, 2.05) is 6.07 Å². The lowest BCUT2D eigenvalue weighted by Gasteiger charge is -2.29. The Kier molecular flexibility index (Phi) is 6.98. The first-order valence-electron chi connectivity index (χ1n) is 10.5. The van der Waals surface area contributed by atoms with Crippen molar-refractivity contribution in [1.82, 2.24) is 15.3 Å². The number of nitrogens with zero attached hydrogens (tertiary/aromatic N) is 2. The van der Waals surface area contributed by atoms with Crippen LogP contribution in [0.2, 0.25) is 5.02 Å². The van der Waals surface area contributed by atoms with Gasteiger partial charge in [-0.3, -0.25) is 0 Å². The molecule has 0 spiro atoms. The zero-order valence-corrected chi connectivity index (χ0v) is 19.0. The van der Waals surface area contributed by atoms with E-state index in [1.54, 1.807) is 19.2 Å². The van der Waals surface area contributed by atoms with Gasteiger partial charge < -0.3 is 24.8 Å². The van der Waals surface area contributed by atoms with Crippen LogP contribution in [0.15, 0.2) is 36.7 Å². The molecule has 1 amide bonds.